The summed E-state index contributed by atoms with van der Waals surface area (Å²) in [6, 6.07) is 0. The van der Waals surface area contributed by atoms with Crippen LogP contribution in [0.2, 0.25) is 0 Å². The third-order valence-electron chi connectivity index (χ3n) is 11.1. The lowest BCUT2D eigenvalue weighted by molar-refractivity contribution is -0.165. The molecule has 0 heterocycles. The van der Waals surface area contributed by atoms with Crippen LogP contribution < -0.4 is 0 Å². The first-order valence-corrected chi connectivity index (χ1v) is 12.7. The predicted octanol–water partition coefficient (Wildman–Crippen LogP) is 7.92. The lowest BCUT2D eigenvalue weighted by atomic mass is 9.39. The summed E-state index contributed by atoms with van der Waals surface area (Å²) in [5.41, 5.74) is 1.57. The van der Waals surface area contributed by atoms with Crippen molar-refractivity contribution in [3.05, 3.63) is 0 Å². The van der Waals surface area contributed by atoms with Gasteiger partial charge in [-0.05, 0) is 96.7 Å². The first-order chi connectivity index (χ1) is 13.3. The molecule has 0 aromatic carbocycles. The highest BCUT2D eigenvalue weighted by Gasteiger charge is 2.65. The molecule has 0 bridgehead atoms. The van der Waals surface area contributed by atoms with Crippen molar-refractivity contribution in [2.45, 2.75) is 113 Å². The van der Waals surface area contributed by atoms with Crippen molar-refractivity contribution >= 4 is 6.29 Å². The minimum absolute atomic E-state index is 0.458. The van der Waals surface area contributed by atoms with Crippen molar-refractivity contribution in [3.63, 3.8) is 0 Å². The topological polar surface area (TPSA) is 17.1 Å². The summed E-state index contributed by atoms with van der Waals surface area (Å²) in [7, 11) is 0. The Kier molecular flexibility index (Phi) is 6.44. The Labute approximate surface area is 175 Å². The normalized spacial score (nSPS) is 51.0. The van der Waals surface area contributed by atoms with Gasteiger partial charge in [0.2, 0.25) is 0 Å². The van der Waals surface area contributed by atoms with Gasteiger partial charge in [0.1, 0.15) is 6.29 Å². The molecule has 0 spiro atoms. The van der Waals surface area contributed by atoms with Gasteiger partial charge in [0.25, 0.3) is 0 Å². The molecule has 0 aromatic rings. The molecule has 4 aliphatic carbocycles. The van der Waals surface area contributed by atoms with E-state index in [0.29, 0.717) is 22.2 Å². The summed E-state index contributed by atoms with van der Waals surface area (Å²) < 4.78 is 0. The van der Waals surface area contributed by atoms with Crippen molar-refractivity contribution in [2.24, 2.45) is 51.8 Å². The van der Waals surface area contributed by atoms with Crippen molar-refractivity contribution in [1.29, 1.82) is 0 Å². The molecule has 1 nitrogen and oxygen atoms in total. The fourth-order valence-electron chi connectivity index (χ4n) is 9.48. The Balaban J connectivity index is 0.00000109. The molecule has 0 amide bonds. The van der Waals surface area contributed by atoms with E-state index in [1.807, 2.05) is 13.8 Å². The molecule has 0 aromatic heterocycles. The fourth-order valence-corrected chi connectivity index (χ4v) is 9.48. The molecule has 0 N–H and O–H groups in total. The molecule has 8 unspecified atom stereocenters. The van der Waals surface area contributed by atoms with Crippen molar-refractivity contribution < 1.29 is 4.79 Å². The molecule has 28 heavy (non-hydrogen) atoms. The zero-order valence-corrected chi connectivity index (χ0v) is 20.0. The maximum absolute atomic E-state index is 11.2. The van der Waals surface area contributed by atoms with E-state index in [-0.39, 0.29) is 0 Å². The lowest BCUT2D eigenvalue weighted by Crippen LogP contribution is -2.58. The monoisotopic (exact) mass is 388 g/mol. The summed E-state index contributed by atoms with van der Waals surface area (Å²) in [6.45, 7) is 16.9. The molecule has 1 heteroatoms. The second kappa shape index (κ2) is 8.07. The number of fused-ring (bicyclic) bond motifs is 5. The van der Waals surface area contributed by atoms with E-state index in [1.54, 1.807) is 0 Å². The number of carbonyl (C=O) groups is 1. The molecule has 0 radical (unpaired) electrons. The Morgan fingerprint density at radius 3 is 2.18 bits per heavy atom. The van der Waals surface area contributed by atoms with Gasteiger partial charge in [0.05, 0.1) is 0 Å². The fraction of sp³-hybridized carbons (Fsp3) is 0.963. The standard InChI is InChI=1S/C25H42O.C2H6/c1-17-7-6-13-23(3)19(17)8-9-22-21(23)11-15-24(4)20(18(2)12-16-26)10-14-25(22,24)5;1-2/h16-22H,6-15H2,1-5H3;1-2H3/t17?,18-,19?,20?,21?,22?,23?,24?,25?;/m1./s1. The molecule has 0 saturated heterocycles. The van der Waals surface area contributed by atoms with Crippen LogP contribution in [0.25, 0.3) is 0 Å². The summed E-state index contributed by atoms with van der Waals surface area (Å²) in [4.78, 5) is 11.2. The maximum Gasteiger partial charge on any atom is 0.120 e. The highest BCUT2D eigenvalue weighted by Crippen LogP contribution is 2.73. The molecular formula is C27H48O. The number of hydrogen-bond donors (Lipinski definition) is 0. The SMILES string of the molecule is CC.CC1CCCC2(C)C1CCC1C2CCC2(C)C([C@H](C)CC=O)CCC12C. The lowest BCUT2D eigenvalue weighted by Gasteiger charge is -2.65. The van der Waals surface area contributed by atoms with Crippen LogP contribution in [-0.4, -0.2) is 6.29 Å². The van der Waals surface area contributed by atoms with E-state index in [4.69, 9.17) is 0 Å². The molecule has 4 saturated carbocycles. The summed E-state index contributed by atoms with van der Waals surface area (Å²) >= 11 is 0. The smallest absolute Gasteiger partial charge is 0.120 e. The number of hydrogen-bond acceptors (Lipinski definition) is 1. The predicted molar refractivity (Wildman–Crippen MR) is 120 cm³/mol. The van der Waals surface area contributed by atoms with Gasteiger partial charge in [-0.1, -0.05) is 61.3 Å². The van der Waals surface area contributed by atoms with Crippen molar-refractivity contribution in [1.82, 2.24) is 0 Å². The van der Waals surface area contributed by atoms with Crippen LogP contribution >= 0.6 is 0 Å². The summed E-state index contributed by atoms with van der Waals surface area (Å²) in [5.74, 6) is 5.15. The quantitative estimate of drug-likeness (QED) is 0.449. The molecule has 9 atom stereocenters. The van der Waals surface area contributed by atoms with E-state index in [0.717, 1.165) is 36.0 Å². The molecular weight excluding hydrogens is 340 g/mol. The average molecular weight is 389 g/mol. The van der Waals surface area contributed by atoms with E-state index in [1.165, 1.54) is 64.1 Å². The van der Waals surface area contributed by atoms with Crippen LogP contribution in [0.1, 0.15) is 113 Å². The first kappa shape index (κ1) is 22.4. The summed E-state index contributed by atoms with van der Waals surface area (Å²) in [5, 5.41) is 0. The second-order valence-corrected chi connectivity index (χ2v) is 11.7. The zero-order valence-electron chi connectivity index (χ0n) is 20.0. The van der Waals surface area contributed by atoms with Crippen LogP contribution in [0, 0.1) is 51.8 Å². The minimum Gasteiger partial charge on any atom is -0.303 e. The molecule has 4 rings (SSSR count). The van der Waals surface area contributed by atoms with Gasteiger partial charge in [-0.3, -0.25) is 0 Å². The van der Waals surface area contributed by atoms with Crippen molar-refractivity contribution in [2.75, 3.05) is 0 Å². The van der Waals surface area contributed by atoms with Gasteiger partial charge in [-0.2, -0.15) is 0 Å². The van der Waals surface area contributed by atoms with Crippen LogP contribution in [0.15, 0.2) is 0 Å². The van der Waals surface area contributed by atoms with Crippen LogP contribution in [-0.2, 0) is 4.79 Å². The van der Waals surface area contributed by atoms with E-state index >= 15 is 0 Å². The van der Waals surface area contributed by atoms with Crippen LogP contribution in [0.5, 0.6) is 0 Å². The van der Waals surface area contributed by atoms with E-state index < -0.39 is 0 Å². The zero-order chi connectivity index (χ0) is 20.7. The van der Waals surface area contributed by atoms with Crippen LogP contribution in [0.3, 0.4) is 0 Å². The molecule has 4 fully saturated rings. The van der Waals surface area contributed by atoms with Gasteiger partial charge in [-0.25, -0.2) is 0 Å². The van der Waals surface area contributed by atoms with Gasteiger partial charge in [0.15, 0.2) is 0 Å². The highest BCUT2D eigenvalue weighted by atomic mass is 16.1. The maximum atomic E-state index is 11.2. The van der Waals surface area contributed by atoms with E-state index in [9.17, 15) is 4.79 Å². The molecule has 162 valence electrons. The average Bonchev–Trinajstić information content (AvgIpc) is 2.95. The summed E-state index contributed by atoms with van der Waals surface area (Å²) in [6.07, 6.45) is 15.0. The second-order valence-electron chi connectivity index (χ2n) is 11.7. The molecule has 0 aliphatic heterocycles. The Morgan fingerprint density at radius 2 is 1.50 bits per heavy atom. The third kappa shape index (κ3) is 3.04. The van der Waals surface area contributed by atoms with Gasteiger partial charge < -0.3 is 4.79 Å². The Morgan fingerprint density at radius 1 is 0.857 bits per heavy atom. The van der Waals surface area contributed by atoms with Crippen molar-refractivity contribution in [3.8, 4) is 0 Å². The van der Waals surface area contributed by atoms with Gasteiger partial charge in [-0.15, -0.1) is 0 Å². The number of carbonyl (C=O) groups excluding carboxylic acids is 1. The van der Waals surface area contributed by atoms with Crippen LogP contribution in [0.4, 0.5) is 0 Å². The van der Waals surface area contributed by atoms with Gasteiger partial charge >= 0.3 is 0 Å². The molecule has 4 aliphatic rings. The van der Waals surface area contributed by atoms with E-state index in [2.05, 4.69) is 34.6 Å². The number of aldehydes is 1. The highest BCUT2D eigenvalue weighted by molar-refractivity contribution is 5.49. The third-order valence-corrected chi connectivity index (χ3v) is 11.1. The minimum atomic E-state index is 0.458. The first-order valence-electron chi connectivity index (χ1n) is 12.7. The Bertz CT molecular complexity index is 554. The Hall–Kier alpha value is -0.330. The van der Waals surface area contributed by atoms with Gasteiger partial charge in [0, 0.05) is 6.42 Å². The number of rotatable bonds is 3. The largest absolute Gasteiger partial charge is 0.303 e.